The van der Waals surface area contributed by atoms with Gasteiger partial charge in [-0.1, -0.05) is 54.6 Å². The Morgan fingerprint density at radius 1 is 0.536 bits per heavy atom. The molecule has 0 fully saturated rings. The molecule has 0 bridgehead atoms. The Hall–Kier alpha value is -9.74. The van der Waals surface area contributed by atoms with E-state index >= 15 is 0 Å². The molecule has 3 aromatic carbocycles. The average Bonchev–Trinajstić information content (AvgIpc) is 3.60. The van der Waals surface area contributed by atoms with Crippen LogP contribution in [0.25, 0.3) is 10.8 Å². The molecule has 0 radical (unpaired) electrons. The maximum Gasteiger partial charge on any atom is 0.430 e. The Balaban J connectivity index is 0.00000247. The van der Waals surface area contributed by atoms with E-state index in [2.05, 4.69) is 42.2 Å². The van der Waals surface area contributed by atoms with Gasteiger partial charge in [0, 0.05) is 56.6 Å². The number of urea groups is 1. The van der Waals surface area contributed by atoms with Crippen molar-refractivity contribution in [2.75, 3.05) is 27.7 Å². The summed E-state index contributed by atoms with van der Waals surface area (Å²) in [7, 11) is 5.61. The molecule has 12 N–H and O–H groups in total. The van der Waals surface area contributed by atoms with Crippen LogP contribution >= 0.6 is 0 Å². The summed E-state index contributed by atoms with van der Waals surface area (Å²) in [6.07, 6.45) is -6.32. The van der Waals surface area contributed by atoms with E-state index in [1.165, 1.54) is 36.5 Å². The molecule has 0 saturated heterocycles. The van der Waals surface area contributed by atoms with Gasteiger partial charge in [-0.3, -0.25) is 42.8 Å². The molecule has 84 heavy (non-hydrogen) atoms. The van der Waals surface area contributed by atoms with Crippen molar-refractivity contribution in [3.8, 4) is 0 Å². The minimum Gasteiger partial charge on any atom is -0.542 e. The summed E-state index contributed by atoms with van der Waals surface area (Å²) in [5.74, 6) is -12.8. The lowest BCUT2D eigenvalue weighted by atomic mass is 10.0. The third kappa shape index (κ3) is 24.5. The summed E-state index contributed by atoms with van der Waals surface area (Å²) < 4.78 is 31.9. The number of carbonyl (C=O) groups excluding carboxylic acids is 7. The standard InChI is InChI=1S/C52H63N9O16.C2HF3O2/c1-61(2,3)41-21-17-35(29-54-41)46(69)56-37(19-23-43(64)65)49(72)57-36(18-22-42(62)63)47(70)55-28-30-11-15-33(16-12-30)45(68)58-40(27-31-13-14-32-8-4-5-9-34(32)26-31)48(71)53-25-7-6-10-38(50(73)74)59-52(77)60-39(51(75)76)20-24-44(66)67;3-2(4,5)1(6)7/h4-5,8-9,11-17,21,26,29,36-40H,6-7,10,18-20,22-25,27-28H2,1-3H3,(H11-,53,55,56,57,58,59,60,62,63,64,65,66,67,68,69,70,71,72,73,74,75,76,77);(H,6,7)/t36-,37-,38-,39-,40-;/m1./s1. The molecule has 0 aliphatic heterocycles. The Morgan fingerprint density at radius 2 is 1.01 bits per heavy atom. The number of aliphatic carboxylic acids is 6. The van der Waals surface area contributed by atoms with Crippen molar-refractivity contribution in [3.05, 3.63) is 107 Å². The summed E-state index contributed by atoms with van der Waals surface area (Å²) >= 11 is 0. The van der Waals surface area contributed by atoms with Gasteiger partial charge in [0.15, 0.2) is 0 Å². The molecule has 5 atom stereocenters. The molecule has 0 aliphatic rings. The van der Waals surface area contributed by atoms with Gasteiger partial charge in [0.2, 0.25) is 23.5 Å². The molecule has 1 heterocycles. The number of unbranched alkanes of at least 4 members (excludes halogenated alkanes) is 1. The van der Waals surface area contributed by atoms with Gasteiger partial charge in [-0.05, 0) is 78.6 Å². The van der Waals surface area contributed by atoms with Gasteiger partial charge in [-0.2, -0.15) is 13.2 Å². The number of benzene rings is 3. The number of hydrogen-bond donors (Lipinski definition) is 12. The summed E-state index contributed by atoms with van der Waals surface area (Å²) in [6, 6.07) is 14.0. The van der Waals surface area contributed by atoms with Gasteiger partial charge in [0.25, 0.3) is 11.8 Å². The number of halogens is 3. The van der Waals surface area contributed by atoms with Crippen LogP contribution in [0, 0.1) is 0 Å². The molecule has 454 valence electrons. The van der Waals surface area contributed by atoms with Crippen LogP contribution < -0.4 is 46.8 Å². The first kappa shape index (κ1) is 68.5. The zero-order valence-corrected chi connectivity index (χ0v) is 45.5. The highest BCUT2D eigenvalue weighted by atomic mass is 19.4. The van der Waals surface area contributed by atoms with Crippen LogP contribution in [0.5, 0.6) is 0 Å². The third-order valence-electron chi connectivity index (χ3n) is 12.1. The lowest BCUT2D eigenvalue weighted by molar-refractivity contribution is -0.344. The highest BCUT2D eigenvalue weighted by molar-refractivity contribution is 5.99. The molecular weight excluding hydrogens is 1120 g/mol. The number of carbonyl (C=O) groups is 12. The van der Waals surface area contributed by atoms with Crippen molar-refractivity contribution in [3.63, 3.8) is 0 Å². The average molecular weight is 1180 g/mol. The second-order valence-corrected chi connectivity index (χ2v) is 19.6. The number of carboxylic acids is 6. The smallest absolute Gasteiger partial charge is 0.430 e. The van der Waals surface area contributed by atoms with E-state index in [1.807, 2.05) is 63.6 Å². The number of quaternary nitrogens is 1. The van der Waals surface area contributed by atoms with Gasteiger partial charge in [0.05, 0.1) is 26.7 Å². The normalized spacial score (nSPS) is 12.9. The van der Waals surface area contributed by atoms with E-state index in [0.717, 1.165) is 10.8 Å². The van der Waals surface area contributed by atoms with Crippen LogP contribution in [0.3, 0.4) is 0 Å². The van der Waals surface area contributed by atoms with Gasteiger partial charge in [-0.25, -0.2) is 19.4 Å². The number of rotatable bonds is 31. The van der Waals surface area contributed by atoms with Crippen LogP contribution in [0.2, 0.25) is 0 Å². The fourth-order valence-electron chi connectivity index (χ4n) is 7.59. The molecule has 4 aromatic rings. The first-order chi connectivity index (χ1) is 39.3. The molecule has 27 nitrogen and oxygen atoms in total. The predicted molar refractivity (Wildman–Crippen MR) is 287 cm³/mol. The zero-order chi connectivity index (χ0) is 62.9. The highest BCUT2D eigenvalue weighted by Crippen LogP contribution is 2.19. The quantitative estimate of drug-likeness (QED) is 0.0247. The van der Waals surface area contributed by atoms with Crippen LogP contribution in [0.15, 0.2) is 85.1 Å². The number of alkyl halides is 3. The molecule has 0 spiro atoms. The first-order valence-electron chi connectivity index (χ1n) is 25.6. The van der Waals surface area contributed by atoms with Crippen molar-refractivity contribution < 1.29 is 101 Å². The molecule has 0 aliphatic carbocycles. The fraction of sp³-hybridized carbons (Fsp3) is 0.389. The van der Waals surface area contributed by atoms with Crippen LogP contribution in [0.4, 0.5) is 23.8 Å². The van der Waals surface area contributed by atoms with Crippen molar-refractivity contribution in [1.82, 2.24) is 46.7 Å². The van der Waals surface area contributed by atoms with E-state index in [0.29, 0.717) is 21.4 Å². The van der Waals surface area contributed by atoms with Gasteiger partial charge >= 0.3 is 42.1 Å². The highest BCUT2D eigenvalue weighted by Gasteiger charge is 2.31. The second-order valence-electron chi connectivity index (χ2n) is 19.6. The Kier molecular flexibility index (Phi) is 26.6. The topological polar surface area (TPSA) is 426 Å². The van der Waals surface area contributed by atoms with Crippen LogP contribution in [-0.4, -0.2) is 166 Å². The number of fused-ring (bicyclic) bond motifs is 1. The fourth-order valence-corrected chi connectivity index (χ4v) is 7.59. The number of amides is 7. The number of nitrogens with zero attached hydrogens (tertiary/aromatic N) is 2. The second kappa shape index (κ2) is 32.6. The molecular formula is C54H64F3N9O18. The lowest BCUT2D eigenvalue weighted by Gasteiger charge is -2.23. The van der Waals surface area contributed by atoms with E-state index in [9.17, 15) is 86.3 Å². The van der Waals surface area contributed by atoms with Crippen molar-refractivity contribution in [2.45, 2.75) is 107 Å². The van der Waals surface area contributed by atoms with Gasteiger partial charge in [-0.15, -0.1) is 0 Å². The lowest BCUT2D eigenvalue weighted by Crippen LogP contribution is -2.53. The Morgan fingerprint density at radius 3 is 1.52 bits per heavy atom. The molecule has 4 rings (SSSR count). The van der Waals surface area contributed by atoms with Crippen molar-refractivity contribution in [2.24, 2.45) is 0 Å². The summed E-state index contributed by atoms with van der Waals surface area (Å²) in [5, 5.41) is 74.5. The Bertz CT molecular complexity index is 3010. The molecule has 0 saturated carbocycles. The first-order valence-corrected chi connectivity index (χ1v) is 25.6. The number of pyridine rings is 1. The van der Waals surface area contributed by atoms with Gasteiger partial charge in [0.1, 0.15) is 36.2 Å². The summed E-state index contributed by atoms with van der Waals surface area (Å²) in [5.41, 5.74) is 1.40. The van der Waals surface area contributed by atoms with E-state index in [-0.39, 0.29) is 62.7 Å². The Labute approximate surface area is 477 Å². The number of hydrogen-bond acceptors (Lipinski definition) is 14. The monoisotopic (exact) mass is 1180 g/mol. The zero-order valence-electron chi connectivity index (χ0n) is 45.5. The van der Waals surface area contributed by atoms with Crippen molar-refractivity contribution >= 4 is 88.0 Å². The maximum atomic E-state index is 13.7. The number of carboxylic acid groups (broad SMARTS) is 6. The SMILES string of the molecule is C[N+](C)(C)c1ccc(C(=O)N[C@H](CCC(=O)O)C(=O)N[C@H](CCC(=O)O)C(=O)NCc2ccc(C(=O)N[C@H](Cc3ccc4ccccc4c3)C(=O)NCCCC[C@@H](NC(=O)N[C@H](CCC(=O)O)C(=O)O)C(=O)O)cc2)cn1.O=C([O-])C(F)(F)F. The molecule has 1 aromatic heterocycles. The van der Waals surface area contributed by atoms with Crippen LogP contribution in [-0.2, 0) is 56.1 Å². The number of aromatic nitrogens is 1. The van der Waals surface area contributed by atoms with E-state index in [4.69, 9.17) is 15.0 Å². The summed E-state index contributed by atoms with van der Waals surface area (Å²) in [6.45, 7) is -0.121. The van der Waals surface area contributed by atoms with E-state index < -0.39 is 133 Å². The molecule has 0 unspecified atom stereocenters. The third-order valence-corrected chi connectivity index (χ3v) is 12.1. The maximum absolute atomic E-state index is 13.7. The summed E-state index contributed by atoms with van der Waals surface area (Å²) in [4.78, 5) is 150. The predicted octanol–water partition coefficient (Wildman–Crippen LogP) is 1.06. The minimum atomic E-state index is -5.19. The molecule has 30 heteroatoms. The van der Waals surface area contributed by atoms with Gasteiger partial charge < -0.3 is 72.7 Å². The van der Waals surface area contributed by atoms with Crippen molar-refractivity contribution in [1.29, 1.82) is 0 Å². The van der Waals surface area contributed by atoms with Crippen LogP contribution in [0.1, 0.15) is 89.6 Å². The molecule has 7 amide bonds. The largest absolute Gasteiger partial charge is 0.542 e. The van der Waals surface area contributed by atoms with E-state index in [1.54, 1.807) is 6.07 Å². The minimum absolute atomic E-state index is 0.0330. The number of nitrogens with one attached hydrogen (secondary N) is 7.